The van der Waals surface area contributed by atoms with E-state index in [1.165, 1.54) is 0 Å². The number of aliphatic imine (C=N–C) groups is 1. The Bertz CT molecular complexity index is 1040. The second-order valence-electron chi connectivity index (χ2n) is 6.43. The Hall–Kier alpha value is -3.21. The number of fused-ring (bicyclic) bond motifs is 5. The standard InChI is InChI=1S/C20H13NO4/c1-2-13(12-4-5-22-8-12)19-15(3-1)21-9-20(19)10-23-16-7-18-17(6-14(16)20)24-11-25-18/h1-9H,10-11H2/t20-/m1/s1. The molecule has 5 heteroatoms. The van der Waals surface area contributed by atoms with Crippen LogP contribution in [0.1, 0.15) is 11.1 Å². The van der Waals surface area contributed by atoms with Crippen molar-refractivity contribution in [2.45, 2.75) is 5.41 Å². The molecule has 6 rings (SSSR count). The monoisotopic (exact) mass is 331 g/mol. The van der Waals surface area contributed by atoms with Crippen LogP contribution in [0.5, 0.6) is 17.2 Å². The van der Waals surface area contributed by atoms with Crippen LogP contribution in [0.15, 0.2) is 58.3 Å². The van der Waals surface area contributed by atoms with Gasteiger partial charge in [-0.15, -0.1) is 0 Å². The van der Waals surface area contributed by atoms with Crippen LogP contribution in [0.25, 0.3) is 11.1 Å². The van der Waals surface area contributed by atoms with Crippen molar-refractivity contribution < 1.29 is 18.6 Å². The van der Waals surface area contributed by atoms with E-state index in [1.807, 2.05) is 36.5 Å². The number of rotatable bonds is 1. The van der Waals surface area contributed by atoms with Crippen molar-refractivity contribution in [1.29, 1.82) is 0 Å². The van der Waals surface area contributed by atoms with Gasteiger partial charge in [0.1, 0.15) is 12.4 Å². The minimum atomic E-state index is -0.417. The smallest absolute Gasteiger partial charge is 0.231 e. The minimum absolute atomic E-state index is 0.246. The van der Waals surface area contributed by atoms with Gasteiger partial charge in [-0.05, 0) is 23.8 Å². The van der Waals surface area contributed by atoms with E-state index in [0.29, 0.717) is 6.61 Å². The van der Waals surface area contributed by atoms with E-state index < -0.39 is 5.41 Å². The average Bonchev–Trinajstić information content (AvgIpc) is 3.42. The van der Waals surface area contributed by atoms with Crippen LogP contribution < -0.4 is 14.2 Å². The fourth-order valence-electron chi connectivity index (χ4n) is 3.99. The fourth-order valence-corrected chi connectivity index (χ4v) is 3.99. The molecule has 3 aliphatic heterocycles. The van der Waals surface area contributed by atoms with Gasteiger partial charge in [-0.2, -0.15) is 0 Å². The maximum Gasteiger partial charge on any atom is 0.231 e. The molecule has 0 N–H and O–H groups in total. The normalized spacial score (nSPS) is 21.4. The molecule has 0 bridgehead atoms. The number of hydrogen-bond donors (Lipinski definition) is 0. The van der Waals surface area contributed by atoms with Crippen molar-refractivity contribution in [3.05, 3.63) is 60.1 Å². The quantitative estimate of drug-likeness (QED) is 0.674. The maximum atomic E-state index is 6.04. The third kappa shape index (κ3) is 1.60. The molecule has 0 saturated carbocycles. The van der Waals surface area contributed by atoms with Gasteiger partial charge in [0.25, 0.3) is 0 Å². The Morgan fingerprint density at radius 1 is 0.960 bits per heavy atom. The molecule has 0 amide bonds. The highest BCUT2D eigenvalue weighted by molar-refractivity contribution is 5.96. The summed E-state index contributed by atoms with van der Waals surface area (Å²) in [7, 11) is 0. The van der Waals surface area contributed by atoms with Crippen LogP contribution >= 0.6 is 0 Å². The van der Waals surface area contributed by atoms with E-state index in [9.17, 15) is 0 Å². The van der Waals surface area contributed by atoms with Crippen LogP contribution in [-0.4, -0.2) is 19.6 Å². The molecule has 5 nitrogen and oxygen atoms in total. The van der Waals surface area contributed by atoms with Gasteiger partial charge in [-0.25, -0.2) is 0 Å². The summed E-state index contributed by atoms with van der Waals surface area (Å²) in [5, 5.41) is 0. The summed E-state index contributed by atoms with van der Waals surface area (Å²) in [4.78, 5) is 4.69. The van der Waals surface area contributed by atoms with Crippen molar-refractivity contribution in [1.82, 2.24) is 0 Å². The molecule has 0 aliphatic carbocycles. The van der Waals surface area contributed by atoms with Crippen molar-refractivity contribution in [3.8, 4) is 28.4 Å². The Balaban J connectivity index is 1.62. The minimum Gasteiger partial charge on any atom is -0.491 e. The van der Waals surface area contributed by atoms with Gasteiger partial charge < -0.3 is 18.6 Å². The third-order valence-corrected chi connectivity index (χ3v) is 5.16. The number of benzene rings is 2. The van der Waals surface area contributed by atoms with Gasteiger partial charge in [-0.3, -0.25) is 4.99 Å². The molecule has 1 aromatic heterocycles. The molecule has 3 aliphatic rings. The lowest BCUT2D eigenvalue weighted by atomic mass is 9.75. The number of nitrogens with zero attached hydrogens (tertiary/aromatic N) is 1. The number of furan rings is 1. The van der Waals surface area contributed by atoms with Crippen molar-refractivity contribution in [2.75, 3.05) is 13.4 Å². The SMILES string of the molecule is C1=Nc2cccc(-c3ccoc3)c2[C@@]12COc1cc3c(cc12)OCO3. The Labute approximate surface area is 143 Å². The van der Waals surface area contributed by atoms with Gasteiger partial charge in [0.15, 0.2) is 11.5 Å². The summed E-state index contributed by atoms with van der Waals surface area (Å²) < 4.78 is 22.4. The third-order valence-electron chi connectivity index (χ3n) is 5.16. The summed E-state index contributed by atoms with van der Waals surface area (Å²) in [6.45, 7) is 0.757. The van der Waals surface area contributed by atoms with E-state index in [2.05, 4.69) is 11.1 Å². The molecule has 2 aromatic carbocycles. The molecule has 122 valence electrons. The molecule has 0 unspecified atom stereocenters. The zero-order valence-electron chi connectivity index (χ0n) is 13.2. The van der Waals surface area contributed by atoms with E-state index in [-0.39, 0.29) is 6.79 Å². The lowest BCUT2D eigenvalue weighted by Crippen LogP contribution is -2.29. The first kappa shape index (κ1) is 13.1. The molecule has 4 heterocycles. The largest absolute Gasteiger partial charge is 0.491 e. The molecule has 25 heavy (non-hydrogen) atoms. The predicted molar refractivity (Wildman–Crippen MR) is 91.1 cm³/mol. The highest BCUT2D eigenvalue weighted by atomic mass is 16.7. The molecule has 0 radical (unpaired) electrons. The Morgan fingerprint density at radius 3 is 2.76 bits per heavy atom. The van der Waals surface area contributed by atoms with Crippen LogP contribution in [0.4, 0.5) is 5.69 Å². The average molecular weight is 331 g/mol. The molecule has 0 fully saturated rings. The first-order chi connectivity index (χ1) is 12.4. The van der Waals surface area contributed by atoms with Crippen LogP contribution in [-0.2, 0) is 5.41 Å². The van der Waals surface area contributed by atoms with Crippen LogP contribution in [0.3, 0.4) is 0 Å². The summed E-state index contributed by atoms with van der Waals surface area (Å²) in [5.74, 6) is 2.31. The zero-order chi connectivity index (χ0) is 16.4. The van der Waals surface area contributed by atoms with E-state index >= 15 is 0 Å². The first-order valence-electron chi connectivity index (χ1n) is 8.13. The Morgan fingerprint density at radius 2 is 1.88 bits per heavy atom. The summed E-state index contributed by atoms with van der Waals surface area (Å²) in [6, 6.07) is 12.1. The number of hydrogen-bond acceptors (Lipinski definition) is 5. The van der Waals surface area contributed by atoms with E-state index in [4.69, 9.17) is 18.6 Å². The molecule has 1 atom stereocenters. The highest BCUT2D eigenvalue weighted by Gasteiger charge is 2.47. The highest BCUT2D eigenvalue weighted by Crippen LogP contribution is 2.54. The first-order valence-corrected chi connectivity index (χ1v) is 8.13. The Kier molecular flexibility index (Phi) is 2.33. The van der Waals surface area contributed by atoms with Gasteiger partial charge in [0, 0.05) is 29.0 Å². The molecular formula is C20H13NO4. The van der Waals surface area contributed by atoms with Crippen LogP contribution in [0, 0.1) is 0 Å². The zero-order valence-corrected chi connectivity index (χ0v) is 13.2. The second kappa shape index (κ2) is 4.45. The summed E-state index contributed by atoms with van der Waals surface area (Å²) in [6.07, 6.45) is 5.45. The van der Waals surface area contributed by atoms with Crippen molar-refractivity contribution in [3.63, 3.8) is 0 Å². The number of ether oxygens (including phenoxy) is 3. The van der Waals surface area contributed by atoms with Gasteiger partial charge >= 0.3 is 0 Å². The second-order valence-corrected chi connectivity index (χ2v) is 6.43. The van der Waals surface area contributed by atoms with Gasteiger partial charge in [0.05, 0.1) is 23.6 Å². The molecule has 3 aromatic rings. The van der Waals surface area contributed by atoms with Crippen molar-refractivity contribution >= 4 is 11.9 Å². The molecule has 1 spiro atoms. The lowest BCUT2D eigenvalue weighted by Gasteiger charge is -2.23. The van der Waals surface area contributed by atoms with E-state index in [1.54, 1.807) is 12.5 Å². The van der Waals surface area contributed by atoms with Gasteiger partial charge in [0.2, 0.25) is 6.79 Å². The molecule has 0 saturated heterocycles. The summed E-state index contributed by atoms with van der Waals surface area (Å²) in [5.41, 5.74) is 4.91. The fraction of sp³-hybridized carbons (Fsp3) is 0.150. The maximum absolute atomic E-state index is 6.04. The topological polar surface area (TPSA) is 53.2 Å². The summed E-state index contributed by atoms with van der Waals surface area (Å²) >= 11 is 0. The van der Waals surface area contributed by atoms with Crippen LogP contribution in [0.2, 0.25) is 0 Å². The van der Waals surface area contributed by atoms with Crippen molar-refractivity contribution in [2.24, 2.45) is 4.99 Å². The predicted octanol–water partition coefficient (Wildman–Crippen LogP) is 4.07. The molecular weight excluding hydrogens is 318 g/mol. The lowest BCUT2D eigenvalue weighted by molar-refractivity contribution is 0.173. The van der Waals surface area contributed by atoms with E-state index in [0.717, 1.165) is 45.2 Å². The van der Waals surface area contributed by atoms with Gasteiger partial charge in [-0.1, -0.05) is 12.1 Å².